The first kappa shape index (κ1) is 13.7. The highest BCUT2D eigenvalue weighted by molar-refractivity contribution is 9.10. The van der Waals surface area contributed by atoms with Crippen molar-refractivity contribution in [3.8, 4) is 0 Å². The Morgan fingerprint density at radius 3 is 1.69 bits per heavy atom. The highest BCUT2D eigenvalue weighted by Gasteiger charge is 2.21. The minimum absolute atomic E-state index is 0.252. The van der Waals surface area contributed by atoms with Crippen LogP contribution in [0.15, 0.2) is 4.47 Å². The predicted octanol–water partition coefficient (Wildman–Crippen LogP) is 3.06. The normalized spacial score (nSPS) is 15.0. The maximum absolute atomic E-state index is 10.2. The highest BCUT2D eigenvalue weighted by atomic mass is 79.9. The Labute approximate surface area is 106 Å². The van der Waals surface area contributed by atoms with Gasteiger partial charge in [0.05, 0.1) is 6.10 Å². The van der Waals surface area contributed by atoms with Crippen molar-refractivity contribution in [1.29, 1.82) is 0 Å². The summed E-state index contributed by atoms with van der Waals surface area (Å²) < 4.78 is 1.13. The molecule has 0 radical (unpaired) electrons. The first-order chi connectivity index (χ1) is 7.29. The molecule has 16 heavy (non-hydrogen) atoms. The zero-order chi connectivity index (χ0) is 12.6. The van der Waals surface area contributed by atoms with Crippen LogP contribution in [0.2, 0.25) is 0 Å². The van der Waals surface area contributed by atoms with Gasteiger partial charge in [0.2, 0.25) is 0 Å². The predicted molar refractivity (Wildman–Crippen MR) is 71.7 cm³/mol. The lowest BCUT2D eigenvalue weighted by Crippen LogP contribution is -2.26. The molecule has 90 valence electrons. The van der Waals surface area contributed by atoms with E-state index in [-0.39, 0.29) is 6.04 Å². The van der Waals surface area contributed by atoms with E-state index in [4.69, 9.17) is 5.73 Å². The largest absolute Gasteiger partial charge is 0.387 e. The number of halogens is 1. The second-order valence-electron chi connectivity index (χ2n) is 4.53. The SMILES string of the molecule is Cc1c(C)c([C@@H](O)[C@H](C)N)c(C)c(C)c1Br. The van der Waals surface area contributed by atoms with Crippen LogP contribution < -0.4 is 5.73 Å². The molecule has 3 heteroatoms. The van der Waals surface area contributed by atoms with Crippen LogP contribution in [0, 0.1) is 27.7 Å². The minimum atomic E-state index is -0.592. The third-order valence-electron chi connectivity index (χ3n) is 3.39. The summed E-state index contributed by atoms with van der Waals surface area (Å²) in [5, 5.41) is 10.2. The van der Waals surface area contributed by atoms with E-state index in [9.17, 15) is 5.11 Å². The first-order valence-corrected chi connectivity index (χ1v) is 6.27. The van der Waals surface area contributed by atoms with Gasteiger partial charge in [0.1, 0.15) is 0 Å². The number of aliphatic hydroxyl groups is 1. The Kier molecular flexibility index (Phi) is 4.16. The molecular formula is C13H20BrNO. The topological polar surface area (TPSA) is 46.2 Å². The molecule has 0 aliphatic heterocycles. The van der Waals surface area contributed by atoms with Gasteiger partial charge < -0.3 is 10.8 Å². The molecule has 2 nitrogen and oxygen atoms in total. The smallest absolute Gasteiger partial charge is 0.0943 e. The lowest BCUT2D eigenvalue weighted by atomic mass is 9.89. The summed E-state index contributed by atoms with van der Waals surface area (Å²) in [7, 11) is 0. The lowest BCUT2D eigenvalue weighted by molar-refractivity contribution is 0.152. The van der Waals surface area contributed by atoms with E-state index < -0.39 is 6.10 Å². The maximum atomic E-state index is 10.2. The van der Waals surface area contributed by atoms with Crippen LogP contribution in [0.3, 0.4) is 0 Å². The molecule has 0 spiro atoms. The average Bonchev–Trinajstić information content (AvgIpc) is 2.23. The van der Waals surface area contributed by atoms with Crippen molar-refractivity contribution in [2.45, 2.75) is 46.8 Å². The molecule has 3 N–H and O–H groups in total. The fourth-order valence-electron chi connectivity index (χ4n) is 2.00. The van der Waals surface area contributed by atoms with Gasteiger partial charge in [-0.25, -0.2) is 0 Å². The molecule has 0 aromatic heterocycles. The van der Waals surface area contributed by atoms with E-state index in [0.29, 0.717) is 0 Å². The molecular weight excluding hydrogens is 266 g/mol. The van der Waals surface area contributed by atoms with E-state index in [0.717, 1.165) is 21.2 Å². The van der Waals surface area contributed by atoms with Crippen molar-refractivity contribution in [2.75, 3.05) is 0 Å². The molecule has 0 aliphatic carbocycles. The van der Waals surface area contributed by atoms with Crippen molar-refractivity contribution in [2.24, 2.45) is 5.73 Å². The average molecular weight is 286 g/mol. The Balaban J connectivity index is 3.51. The van der Waals surface area contributed by atoms with Crippen LogP contribution in [0.4, 0.5) is 0 Å². The van der Waals surface area contributed by atoms with Gasteiger partial charge >= 0.3 is 0 Å². The molecule has 2 atom stereocenters. The Morgan fingerprint density at radius 2 is 1.38 bits per heavy atom. The van der Waals surface area contributed by atoms with E-state index in [2.05, 4.69) is 29.8 Å². The molecule has 0 fully saturated rings. The van der Waals surface area contributed by atoms with Crippen LogP contribution in [0.5, 0.6) is 0 Å². The van der Waals surface area contributed by atoms with Gasteiger partial charge in [-0.05, 0) is 62.4 Å². The molecule has 1 rings (SSSR count). The monoisotopic (exact) mass is 285 g/mol. The molecule has 0 unspecified atom stereocenters. The number of rotatable bonds is 2. The third kappa shape index (κ3) is 2.17. The molecule has 1 aromatic rings. The standard InChI is InChI=1S/C13H20BrNO/c1-6-8(3)12(14)9(4)7(2)11(6)13(16)10(5)15/h10,13,16H,15H2,1-5H3/t10-,13-/m0/s1. The van der Waals surface area contributed by atoms with Crippen molar-refractivity contribution < 1.29 is 5.11 Å². The van der Waals surface area contributed by atoms with Crippen molar-refractivity contribution >= 4 is 15.9 Å². The van der Waals surface area contributed by atoms with Crippen molar-refractivity contribution in [1.82, 2.24) is 0 Å². The zero-order valence-electron chi connectivity index (χ0n) is 10.6. The van der Waals surface area contributed by atoms with Gasteiger partial charge in [0, 0.05) is 10.5 Å². The molecule has 0 saturated heterocycles. The molecule has 0 heterocycles. The fraction of sp³-hybridized carbons (Fsp3) is 0.538. The quantitative estimate of drug-likeness (QED) is 0.877. The third-order valence-corrected chi connectivity index (χ3v) is 4.57. The summed E-state index contributed by atoms with van der Waals surface area (Å²) in [6.07, 6.45) is -0.592. The van der Waals surface area contributed by atoms with Crippen molar-refractivity contribution in [3.05, 3.63) is 32.3 Å². The van der Waals surface area contributed by atoms with Gasteiger partial charge in [-0.2, -0.15) is 0 Å². The van der Waals surface area contributed by atoms with Gasteiger partial charge in [-0.1, -0.05) is 15.9 Å². The van der Waals surface area contributed by atoms with Crippen LogP contribution in [-0.4, -0.2) is 11.1 Å². The van der Waals surface area contributed by atoms with E-state index in [1.807, 2.05) is 20.8 Å². The molecule has 1 aromatic carbocycles. The molecule has 0 aliphatic rings. The van der Waals surface area contributed by atoms with E-state index in [1.54, 1.807) is 0 Å². The lowest BCUT2D eigenvalue weighted by Gasteiger charge is -2.23. The number of hydrogen-bond acceptors (Lipinski definition) is 2. The van der Waals surface area contributed by atoms with E-state index >= 15 is 0 Å². The second kappa shape index (κ2) is 4.86. The Hall–Kier alpha value is -0.380. The Bertz CT molecular complexity index is 384. The molecule has 0 bridgehead atoms. The van der Waals surface area contributed by atoms with Gasteiger partial charge in [0.25, 0.3) is 0 Å². The number of aliphatic hydroxyl groups excluding tert-OH is 1. The highest BCUT2D eigenvalue weighted by Crippen LogP contribution is 2.34. The molecule has 0 saturated carbocycles. The summed E-state index contributed by atoms with van der Waals surface area (Å²) in [5.41, 5.74) is 11.4. The van der Waals surface area contributed by atoms with Crippen LogP contribution in [0.25, 0.3) is 0 Å². The summed E-state index contributed by atoms with van der Waals surface area (Å²) >= 11 is 3.59. The number of benzene rings is 1. The van der Waals surface area contributed by atoms with Crippen LogP contribution in [0.1, 0.15) is 40.8 Å². The summed E-state index contributed by atoms with van der Waals surface area (Å²) in [4.78, 5) is 0. The number of hydrogen-bond donors (Lipinski definition) is 2. The van der Waals surface area contributed by atoms with Crippen molar-refractivity contribution in [3.63, 3.8) is 0 Å². The van der Waals surface area contributed by atoms with Crippen LogP contribution in [-0.2, 0) is 0 Å². The summed E-state index contributed by atoms with van der Waals surface area (Å²) in [5.74, 6) is 0. The summed E-state index contributed by atoms with van der Waals surface area (Å²) in [6, 6.07) is -0.252. The minimum Gasteiger partial charge on any atom is -0.387 e. The van der Waals surface area contributed by atoms with Gasteiger partial charge in [-0.3, -0.25) is 0 Å². The maximum Gasteiger partial charge on any atom is 0.0943 e. The van der Waals surface area contributed by atoms with E-state index in [1.165, 1.54) is 11.1 Å². The second-order valence-corrected chi connectivity index (χ2v) is 5.32. The summed E-state index contributed by atoms with van der Waals surface area (Å²) in [6.45, 7) is 10.0. The fourth-order valence-corrected chi connectivity index (χ4v) is 2.60. The number of nitrogens with two attached hydrogens (primary N) is 1. The Morgan fingerprint density at radius 1 is 1.00 bits per heavy atom. The van der Waals surface area contributed by atoms with Gasteiger partial charge in [-0.15, -0.1) is 0 Å². The van der Waals surface area contributed by atoms with Gasteiger partial charge in [0.15, 0.2) is 0 Å². The zero-order valence-corrected chi connectivity index (χ0v) is 12.1. The molecule has 0 amide bonds. The van der Waals surface area contributed by atoms with Crippen LogP contribution >= 0.6 is 15.9 Å². The first-order valence-electron chi connectivity index (χ1n) is 5.48.